The minimum absolute atomic E-state index is 0.0541. The summed E-state index contributed by atoms with van der Waals surface area (Å²) in [4.78, 5) is 19.1. The van der Waals surface area contributed by atoms with E-state index in [-0.39, 0.29) is 10.8 Å². The summed E-state index contributed by atoms with van der Waals surface area (Å²) in [5.41, 5.74) is 1.69. The number of thioether (sulfide) groups is 1. The molecule has 1 aliphatic heterocycles. The van der Waals surface area contributed by atoms with Crippen LogP contribution in [0.3, 0.4) is 0 Å². The van der Waals surface area contributed by atoms with E-state index in [4.69, 9.17) is 16.3 Å². The number of pyridine rings is 1. The Labute approximate surface area is 207 Å². The predicted molar refractivity (Wildman–Crippen MR) is 136 cm³/mol. The summed E-state index contributed by atoms with van der Waals surface area (Å²) in [6.07, 6.45) is 3.45. The third kappa shape index (κ3) is 5.64. The molecule has 1 aliphatic rings. The zero-order valence-corrected chi connectivity index (χ0v) is 20.7. The molecule has 0 atom stereocenters. The molecule has 2 aromatic carbocycles. The number of carbonyl (C=O) groups excluding carboxylic acids is 1. The maximum atomic E-state index is 13.4. The summed E-state index contributed by atoms with van der Waals surface area (Å²) in [6, 6.07) is 14.6. The van der Waals surface area contributed by atoms with Crippen LogP contribution in [0.4, 0.5) is 17.1 Å². The lowest BCUT2D eigenvalue weighted by Crippen LogP contribution is -2.37. The Morgan fingerprint density at radius 3 is 2.50 bits per heavy atom. The van der Waals surface area contributed by atoms with E-state index in [9.17, 15) is 13.2 Å². The molecule has 0 bridgehead atoms. The van der Waals surface area contributed by atoms with Gasteiger partial charge in [-0.2, -0.15) is 0 Å². The Bertz CT molecular complexity index is 1280. The number of anilines is 3. The molecule has 1 aromatic heterocycles. The monoisotopic (exact) mass is 518 g/mol. The number of morpholine rings is 1. The minimum Gasteiger partial charge on any atom is -0.378 e. The van der Waals surface area contributed by atoms with E-state index in [0.717, 1.165) is 0 Å². The summed E-state index contributed by atoms with van der Waals surface area (Å²) in [5.74, 6) is -0.370. The number of halogens is 1. The van der Waals surface area contributed by atoms with Gasteiger partial charge < -0.3 is 15.0 Å². The fourth-order valence-electron chi connectivity index (χ4n) is 3.53. The molecule has 1 amide bonds. The van der Waals surface area contributed by atoms with Crippen molar-refractivity contribution >= 4 is 56.4 Å². The van der Waals surface area contributed by atoms with Gasteiger partial charge in [0.1, 0.15) is 9.92 Å². The number of hydrogen-bond acceptors (Lipinski definition) is 7. The standard InChI is InChI=1S/C23H23ClN4O4S2/c1-33-23-19(3-2-10-25-23)22(29)26-18-8-9-20(28-11-13-32-14-12-28)21(15-18)34(30,31)27-17-6-4-16(24)5-7-17/h2-10,15,27H,11-14H2,1H3,(H,26,29). The first-order chi connectivity index (χ1) is 16.4. The number of sulfonamides is 1. The SMILES string of the molecule is CSc1ncccc1C(=O)Nc1ccc(N2CCOCC2)c(S(=O)(=O)Nc2ccc(Cl)cc2)c1. The molecule has 3 aromatic rings. The van der Waals surface area contributed by atoms with E-state index in [1.165, 1.54) is 17.8 Å². The van der Waals surface area contributed by atoms with Crippen molar-refractivity contribution in [3.8, 4) is 0 Å². The second-order valence-corrected chi connectivity index (χ2v) is 10.3. The Kier molecular flexibility index (Phi) is 7.62. The molecule has 4 rings (SSSR count). The Morgan fingerprint density at radius 2 is 1.79 bits per heavy atom. The van der Waals surface area contributed by atoms with Gasteiger partial charge in [0.2, 0.25) is 0 Å². The highest BCUT2D eigenvalue weighted by atomic mass is 35.5. The fourth-order valence-corrected chi connectivity index (χ4v) is 5.51. The number of aromatic nitrogens is 1. The van der Waals surface area contributed by atoms with E-state index < -0.39 is 10.0 Å². The van der Waals surface area contributed by atoms with Crippen molar-refractivity contribution in [2.24, 2.45) is 0 Å². The smallest absolute Gasteiger partial charge is 0.264 e. The van der Waals surface area contributed by atoms with E-state index in [1.54, 1.807) is 54.7 Å². The quantitative estimate of drug-likeness (QED) is 0.448. The minimum atomic E-state index is -3.99. The highest BCUT2D eigenvalue weighted by molar-refractivity contribution is 7.98. The Balaban J connectivity index is 1.69. The van der Waals surface area contributed by atoms with Crippen LogP contribution in [0, 0.1) is 0 Å². The largest absolute Gasteiger partial charge is 0.378 e. The van der Waals surface area contributed by atoms with Crippen LogP contribution in [0.5, 0.6) is 0 Å². The number of ether oxygens (including phenoxy) is 1. The van der Waals surface area contributed by atoms with Crippen molar-refractivity contribution in [3.63, 3.8) is 0 Å². The molecule has 1 saturated heterocycles. The molecular weight excluding hydrogens is 496 g/mol. The summed E-state index contributed by atoms with van der Waals surface area (Å²) in [5, 5.41) is 3.89. The number of nitrogens with zero attached hydrogens (tertiary/aromatic N) is 2. The molecule has 34 heavy (non-hydrogen) atoms. The molecule has 2 N–H and O–H groups in total. The molecule has 11 heteroatoms. The van der Waals surface area contributed by atoms with Crippen LogP contribution in [0.25, 0.3) is 0 Å². The van der Waals surface area contributed by atoms with E-state index >= 15 is 0 Å². The average molecular weight is 519 g/mol. The van der Waals surface area contributed by atoms with Crippen LogP contribution >= 0.6 is 23.4 Å². The molecule has 0 radical (unpaired) electrons. The van der Waals surface area contributed by atoms with Crippen LogP contribution in [-0.2, 0) is 14.8 Å². The van der Waals surface area contributed by atoms with Crippen LogP contribution in [0.15, 0.2) is 70.7 Å². The maximum Gasteiger partial charge on any atom is 0.264 e. The van der Waals surface area contributed by atoms with Crippen molar-refractivity contribution in [1.29, 1.82) is 0 Å². The van der Waals surface area contributed by atoms with Crippen LogP contribution in [0.2, 0.25) is 5.02 Å². The number of carbonyl (C=O) groups is 1. The van der Waals surface area contributed by atoms with E-state index in [0.29, 0.717) is 59.0 Å². The van der Waals surface area contributed by atoms with Gasteiger partial charge in [-0.15, -0.1) is 11.8 Å². The normalized spacial score (nSPS) is 14.0. The summed E-state index contributed by atoms with van der Waals surface area (Å²) < 4.78 is 34.9. The summed E-state index contributed by atoms with van der Waals surface area (Å²) >= 11 is 7.29. The van der Waals surface area contributed by atoms with Crippen LogP contribution in [0.1, 0.15) is 10.4 Å². The first-order valence-electron chi connectivity index (χ1n) is 10.4. The first-order valence-corrected chi connectivity index (χ1v) is 13.5. The fraction of sp³-hybridized carbons (Fsp3) is 0.217. The Hall–Kier alpha value is -2.79. The van der Waals surface area contributed by atoms with Crippen LogP contribution in [-0.4, -0.2) is 51.9 Å². The topological polar surface area (TPSA) is 101 Å². The Morgan fingerprint density at radius 1 is 1.09 bits per heavy atom. The summed E-state index contributed by atoms with van der Waals surface area (Å²) in [7, 11) is -3.99. The molecule has 0 spiro atoms. The van der Waals surface area contributed by atoms with E-state index in [1.807, 2.05) is 11.2 Å². The maximum absolute atomic E-state index is 13.4. The number of amides is 1. The highest BCUT2D eigenvalue weighted by Crippen LogP contribution is 2.31. The number of benzene rings is 2. The zero-order chi connectivity index (χ0) is 24.1. The molecule has 8 nitrogen and oxygen atoms in total. The molecule has 178 valence electrons. The lowest BCUT2D eigenvalue weighted by atomic mass is 10.2. The lowest BCUT2D eigenvalue weighted by molar-refractivity contribution is 0.102. The van der Waals surface area contributed by atoms with Gasteiger partial charge in [-0.1, -0.05) is 11.6 Å². The van der Waals surface area contributed by atoms with Gasteiger partial charge in [0.05, 0.1) is 24.5 Å². The first kappa shape index (κ1) is 24.3. The lowest BCUT2D eigenvalue weighted by Gasteiger charge is -2.30. The second-order valence-electron chi connectivity index (χ2n) is 7.41. The highest BCUT2D eigenvalue weighted by Gasteiger charge is 2.25. The van der Waals surface area contributed by atoms with Crippen molar-refractivity contribution in [2.75, 3.05) is 47.5 Å². The van der Waals surface area contributed by atoms with Gasteiger partial charge in [0.25, 0.3) is 15.9 Å². The molecule has 2 heterocycles. The van der Waals surface area contributed by atoms with Crippen molar-refractivity contribution in [3.05, 3.63) is 71.4 Å². The zero-order valence-electron chi connectivity index (χ0n) is 18.3. The molecule has 0 aliphatic carbocycles. The average Bonchev–Trinajstić information content (AvgIpc) is 2.85. The number of nitrogens with one attached hydrogen (secondary N) is 2. The molecule has 0 saturated carbocycles. The van der Waals surface area contributed by atoms with Gasteiger partial charge >= 0.3 is 0 Å². The molecule has 1 fully saturated rings. The van der Waals surface area contributed by atoms with E-state index in [2.05, 4.69) is 15.0 Å². The molecular formula is C23H23ClN4O4S2. The second kappa shape index (κ2) is 10.6. The van der Waals surface area contributed by atoms with Crippen molar-refractivity contribution < 1.29 is 17.9 Å². The van der Waals surface area contributed by atoms with Gasteiger partial charge in [0, 0.05) is 35.7 Å². The van der Waals surface area contributed by atoms with Crippen molar-refractivity contribution in [2.45, 2.75) is 9.92 Å². The molecule has 0 unspecified atom stereocenters. The number of hydrogen-bond donors (Lipinski definition) is 2. The van der Waals surface area contributed by atoms with Gasteiger partial charge in [0.15, 0.2) is 0 Å². The third-order valence-electron chi connectivity index (χ3n) is 5.16. The van der Waals surface area contributed by atoms with Gasteiger partial charge in [-0.3, -0.25) is 9.52 Å². The van der Waals surface area contributed by atoms with Crippen molar-refractivity contribution in [1.82, 2.24) is 4.98 Å². The predicted octanol–water partition coefficient (Wildman–Crippen LogP) is 4.35. The van der Waals surface area contributed by atoms with Crippen LogP contribution < -0.4 is 14.9 Å². The van der Waals surface area contributed by atoms with Gasteiger partial charge in [-0.05, 0) is 60.9 Å². The van der Waals surface area contributed by atoms with Gasteiger partial charge in [-0.25, -0.2) is 13.4 Å². The third-order valence-corrected chi connectivity index (χ3v) is 7.54. The summed E-state index contributed by atoms with van der Waals surface area (Å²) in [6.45, 7) is 2.12. The number of rotatable bonds is 7.